The predicted molar refractivity (Wildman–Crippen MR) is 101 cm³/mol. The highest BCUT2D eigenvalue weighted by molar-refractivity contribution is 5.87. The molecule has 1 aliphatic carbocycles. The number of hydrogen-bond donors (Lipinski definition) is 4. The minimum atomic E-state index is -1.01. The SMILES string of the molecule is CCC(CC)O[C@@H]1C=C(C(=O)O)C[C@H](N=C(N)NC(C)C)[C@H]1NC(C)=O. The Morgan fingerprint density at radius 2 is 2.00 bits per heavy atom. The van der Waals surface area contributed by atoms with E-state index in [4.69, 9.17) is 10.5 Å². The summed E-state index contributed by atoms with van der Waals surface area (Å²) in [5.41, 5.74) is 6.15. The van der Waals surface area contributed by atoms with Crippen molar-refractivity contribution < 1.29 is 19.4 Å². The zero-order valence-corrected chi connectivity index (χ0v) is 16.3. The molecule has 8 heteroatoms. The summed E-state index contributed by atoms with van der Waals surface area (Å²) in [5, 5.41) is 15.3. The fourth-order valence-corrected chi connectivity index (χ4v) is 2.98. The molecule has 148 valence electrons. The topological polar surface area (TPSA) is 126 Å². The van der Waals surface area contributed by atoms with Crippen LogP contribution in [0.15, 0.2) is 16.6 Å². The van der Waals surface area contributed by atoms with Crippen LogP contribution in [0.2, 0.25) is 0 Å². The molecule has 0 heterocycles. The number of carboxylic acids is 1. The summed E-state index contributed by atoms with van der Waals surface area (Å²) in [6, 6.07) is -0.919. The average Bonchev–Trinajstić information content (AvgIpc) is 2.53. The molecule has 5 N–H and O–H groups in total. The van der Waals surface area contributed by atoms with E-state index in [2.05, 4.69) is 15.6 Å². The molecule has 0 saturated carbocycles. The van der Waals surface area contributed by atoms with Crippen LogP contribution >= 0.6 is 0 Å². The lowest BCUT2D eigenvalue weighted by atomic mass is 9.88. The highest BCUT2D eigenvalue weighted by atomic mass is 16.5. The average molecular weight is 368 g/mol. The van der Waals surface area contributed by atoms with Gasteiger partial charge in [-0.25, -0.2) is 9.79 Å². The van der Waals surface area contributed by atoms with Gasteiger partial charge in [-0.3, -0.25) is 4.79 Å². The fourth-order valence-electron chi connectivity index (χ4n) is 2.98. The van der Waals surface area contributed by atoms with Crippen LogP contribution in [-0.4, -0.2) is 53.3 Å². The molecule has 1 aliphatic rings. The first-order valence-electron chi connectivity index (χ1n) is 9.14. The quantitative estimate of drug-likeness (QED) is 0.376. The summed E-state index contributed by atoms with van der Waals surface area (Å²) in [4.78, 5) is 27.7. The van der Waals surface area contributed by atoms with Gasteiger partial charge < -0.3 is 26.2 Å². The molecule has 0 aromatic heterocycles. The zero-order chi connectivity index (χ0) is 19.9. The lowest BCUT2D eigenvalue weighted by Crippen LogP contribution is -2.54. The molecular formula is C18H32N4O4. The summed E-state index contributed by atoms with van der Waals surface area (Å²) in [6.45, 7) is 9.28. The maximum atomic E-state index is 11.7. The molecule has 0 fully saturated rings. The van der Waals surface area contributed by atoms with Crippen molar-refractivity contribution in [1.29, 1.82) is 0 Å². The Labute approximate surface area is 155 Å². The van der Waals surface area contributed by atoms with Gasteiger partial charge in [0, 0.05) is 25.0 Å². The monoisotopic (exact) mass is 368 g/mol. The molecular weight excluding hydrogens is 336 g/mol. The van der Waals surface area contributed by atoms with Crippen molar-refractivity contribution in [2.45, 2.75) is 84.2 Å². The van der Waals surface area contributed by atoms with Crippen molar-refractivity contribution >= 4 is 17.8 Å². The summed E-state index contributed by atoms with van der Waals surface area (Å²) < 4.78 is 6.09. The predicted octanol–water partition coefficient (Wildman–Crippen LogP) is 1.16. The Bertz CT molecular complexity index is 555. The van der Waals surface area contributed by atoms with E-state index in [9.17, 15) is 14.7 Å². The van der Waals surface area contributed by atoms with Crippen LogP contribution in [0.1, 0.15) is 53.9 Å². The van der Waals surface area contributed by atoms with Crippen LogP contribution < -0.4 is 16.4 Å². The summed E-state index contributed by atoms with van der Waals surface area (Å²) in [7, 11) is 0. The normalized spacial score (nSPS) is 23.7. The first kappa shape index (κ1) is 22.0. The molecule has 3 atom stereocenters. The van der Waals surface area contributed by atoms with Crippen LogP contribution in [-0.2, 0) is 14.3 Å². The number of carbonyl (C=O) groups excluding carboxylic acids is 1. The lowest BCUT2D eigenvalue weighted by Gasteiger charge is -2.36. The van der Waals surface area contributed by atoms with Crippen LogP contribution in [0.25, 0.3) is 0 Å². The number of aliphatic imine (C=N–C) groups is 1. The minimum Gasteiger partial charge on any atom is -0.478 e. The lowest BCUT2D eigenvalue weighted by molar-refractivity contribution is -0.133. The highest BCUT2D eigenvalue weighted by Crippen LogP contribution is 2.26. The third-order valence-electron chi connectivity index (χ3n) is 4.21. The second-order valence-corrected chi connectivity index (χ2v) is 6.85. The third-order valence-corrected chi connectivity index (χ3v) is 4.21. The maximum absolute atomic E-state index is 11.7. The van der Waals surface area contributed by atoms with Crippen molar-refractivity contribution in [3.63, 3.8) is 0 Å². The van der Waals surface area contributed by atoms with Crippen molar-refractivity contribution in [2.75, 3.05) is 0 Å². The summed E-state index contributed by atoms with van der Waals surface area (Å²) in [5.74, 6) is -1.02. The van der Waals surface area contributed by atoms with Crippen LogP contribution in [0.5, 0.6) is 0 Å². The molecule has 0 spiro atoms. The van der Waals surface area contributed by atoms with Crippen molar-refractivity contribution in [3.05, 3.63) is 11.6 Å². The molecule has 0 aromatic carbocycles. The fraction of sp³-hybridized carbons (Fsp3) is 0.722. The first-order chi connectivity index (χ1) is 12.2. The van der Waals surface area contributed by atoms with E-state index in [1.807, 2.05) is 27.7 Å². The number of nitrogens with zero attached hydrogens (tertiary/aromatic N) is 1. The number of ether oxygens (including phenoxy) is 1. The van der Waals surface area contributed by atoms with Gasteiger partial charge in [0.2, 0.25) is 5.91 Å². The third kappa shape index (κ3) is 6.67. The van der Waals surface area contributed by atoms with E-state index in [1.165, 1.54) is 6.92 Å². The van der Waals surface area contributed by atoms with E-state index in [0.717, 1.165) is 12.8 Å². The number of carboxylic acid groups (broad SMARTS) is 1. The Hall–Kier alpha value is -2.09. The number of rotatable bonds is 8. The van der Waals surface area contributed by atoms with E-state index in [-0.39, 0.29) is 36.0 Å². The molecule has 1 rings (SSSR count). The molecule has 8 nitrogen and oxygen atoms in total. The largest absolute Gasteiger partial charge is 0.478 e. The van der Waals surface area contributed by atoms with Gasteiger partial charge >= 0.3 is 5.97 Å². The first-order valence-corrected chi connectivity index (χ1v) is 9.14. The summed E-state index contributed by atoms with van der Waals surface area (Å²) >= 11 is 0. The molecule has 0 bridgehead atoms. The molecule has 0 aromatic rings. The smallest absolute Gasteiger partial charge is 0.331 e. The van der Waals surface area contributed by atoms with E-state index < -0.39 is 24.2 Å². The number of hydrogen-bond acceptors (Lipinski definition) is 4. The number of amides is 1. The van der Waals surface area contributed by atoms with E-state index in [1.54, 1.807) is 6.08 Å². The number of guanidine groups is 1. The van der Waals surface area contributed by atoms with Crippen molar-refractivity contribution in [1.82, 2.24) is 10.6 Å². The van der Waals surface area contributed by atoms with E-state index in [0.29, 0.717) is 0 Å². The molecule has 0 aliphatic heterocycles. The summed E-state index contributed by atoms with van der Waals surface area (Å²) in [6.07, 6.45) is 2.73. The molecule has 26 heavy (non-hydrogen) atoms. The Kier molecular flexibility index (Phi) is 8.57. The van der Waals surface area contributed by atoms with Crippen LogP contribution in [0, 0.1) is 0 Å². The Morgan fingerprint density at radius 1 is 1.38 bits per heavy atom. The number of nitrogens with two attached hydrogens (primary N) is 1. The molecule has 0 saturated heterocycles. The zero-order valence-electron chi connectivity index (χ0n) is 16.3. The number of carbonyl (C=O) groups is 2. The number of aliphatic carboxylic acids is 1. The Balaban J connectivity index is 3.22. The number of nitrogens with one attached hydrogen (secondary N) is 2. The van der Waals surface area contributed by atoms with Gasteiger partial charge in [-0.15, -0.1) is 0 Å². The molecule has 0 unspecified atom stereocenters. The second kappa shape index (κ2) is 10.2. The highest BCUT2D eigenvalue weighted by Gasteiger charge is 2.37. The van der Waals surface area contributed by atoms with Gasteiger partial charge in [-0.05, 0) is 32.8 Å². The van der Waals surface area contributed by atoms with Gasteiger partial charge in [0.25, 0.3) is 0 Å². The Morgan fingerprint density at radius 3 is 2.46 bits per heavy atom. The van der Waals surface area contributed by atoms with Crippen LogP contribution in [0.4, 0.5) is 0 Å². The van der Waals surface area contributed by atoms with E-state index >= 15 is 0 Å². The van der Waals surface area contributed by atoms with Crippen LogP contribution in [0.3, 0.4) is 0 Å². The van der Waals surface area contributed by atoms with Gasteiger partial charge in [-0.1, -0.05) is 13.8 Å². The maximum Gasteiger partial charge on any atom is 0.331 e. The molecule has 0 radical (unpaired) electrons. The van der Waals surface area contributed by atoms with Gasteiger partial charge in [0.05, 0.1) is 24.3 Å². The van der Waals surface area contributed by atoms with Crippen molar-refractivity contribution in [3.8, 4) is 0 Å². The van der Waals surface area contributed by atoms with Gasteiger partial charge in [0.15, 0.2) is 5.96 Å². The van der Waals surface area contributed by atoms with Gasteiger partial charge in [-0.2, -0.15) is 0 Å². The standard InChI is InChI=1S/C18H32N4O4/c1-6-13(7-2)26-15-9-12(17(24)25)8-14(16(15)21-11(5)23)22-18(19)20-10(3)4/h9-10,13-16H,6-8H2,1-5H3,(H,21,23)(H,24,25)(H3,19,20,22)/t14-,15+,16+/m0/s1. The van der Waals surface area contributed by atoms with Crippen molar-refractivity contribution in [2.24, 2.45) is 10.7 Å². The second-order valence-electron chi connectivity index (χ2n) is 6.85. The van der Waals surface area contributed by atoms with Gasteiger partial charge in [0.1, 0.15) is 0 Å². The molecule has 1 amide bonds. The minimum absolute atomic E-state index is 0.0311.